The molecule has 0 atom stereocenters. The Balaban J connectivity index is 1.41. The Morgan fingerprint density at radius 1 is 1.19 bits per heavy atom. The van der Waals surface area contributed by atoms with E-state index in [1.165, 1.54) is 0 Å². The molecule has 1 spiro atoms. The number of piperidine rings is 1. The summed E-state index contributed by atoms with van der Waals surface area (Å²) in [7, 11) is 0. The molecule has 7 heteroatoms. The lowest BCUT2D eigenvalue weighted by Gasteiger charge is -2.39. The van der Waals surface area contributed by atoms with Gasteiger partial charge in [0.1, 0.15) is 23.4 Å². The van der Waals surface area contributed by atoms with Crippen LogP contribution in [-0.4, -0.2) is 57.7 Å². The zero-order chi connectivity index (χ0) is 18.4. The maximum Gasteiger partial charge on any atom is 0.410 e. The van der Waals surface area contributed by atoms with E-state index in [9.17, 15) is 4.79 Å². The predicted molar refractivity (Wildman–Crippen MR) is 100 cm³/mol. The lowest BCUT2D eigenvalue weighted by molar-refractivity contribution is 0.0266. The third kappa shape index (κ3) is 3.22. The average molecular weight is 357 g/mol. The summed E-state index contributed by atoms with van der Waals surface area (Å²) in [5, 5.41) is 1.07. The first-order chi connectivity index (χ1) is 12.4. The van der Waals surface area contributed by atoms with Crippen molar-refractivity contribution in [2.45, 2.75) is 45.6 Å². The Kier molecular flexibility index (Phi) is 4.04. The molecule has 2 aromatic rings. The summed E-state index contributed by atoms with van der Waals surface area (Å²) in [6.45, 7) is 9.26. The Hall–Kier alpha value is -2.31. The summed E-state index contributed by atoms with van der Waals surface area (Å²) in [5.41, 5.74) is 0.662. The Morgan fingerprint density at radius 3 is 2.65 bits per heavy atom. The largest absolute Gasteiger partial charge is 0.444 e. The number of aromatic nitrogens is 3. The minimum atomic E-state index is -0.439. The second-order valence-corrected chi connectivity index (χ2v) is 8.58. The van der Waals surface area contributed by atoms with Crippen LogP contribution in [-0.2, 0) is 4.74 Å². The van der Waals surface area contributed by atoms with Crippen LogP contribution in [0.25, 0.3) is 11.0 Å². The van der Waals surface area contributed by atoms with Crippen LogP contribution in [0.3, 0.4) is 0 Å². The van der Waals surface area contributed by atoms with Crippen molar-refractivity contribution in [1.29, 1.82) is 0 Å². The fraction of sp³-hybridized carbons (Fsp3) is 0.632. The smallest absolute Gasteiger partial charge is 0.410 e. The molecule has 0 radical (unpaired) electrons. The maximum absolute atomic E-state index is 12.4. The van der Waals surface area contributed by atoms with Crippen LogP contribution in [0.4, 0.5) is 10.6 Å². The number of likely N-dealkylation sites (tertiary alicyclic amines) is 1. The topological polar surface area (TPSA) is 74.3 Å². The number of fused-ring (bicyclic) bond motifs is 1. The number of aromatic amines is 1. The first-order valence-electron chi connectivity index (χ1n) is 9.36. The summed E-state index contributed by atoms with van der Waals surface area (Å²) >= 11 is 0. The summed E-state index contributed by atoms with van der Waals surface area (Å²) in [4.78, 5) is 28.5. The number of nitrogens with one attached hydrogen (secondary N) is 1. The van der Waals surface area contributed by atoms with Crippen LogP contribution >= 0.6 is 0 Å². The molecule has 4 rings (SSSR count). The normalized spacial score (nSPS) is 20.1. The molecule has 4 heterocycles. The SMILES string of the molecule is CC(C)(C)OC(=O)N1CCC2(CCN(c3ncnc4[nH]ccc34)CC2)C1. The van der Waals surface area contributed by atoms with Crippen LogP contribution in [0.1, 0.15) is 40.0 Å². The van der Waals surface area contributed by atoms with Gasteiger partial charge in [0.05, 0.1) is 5.39 Å². The van der Waals surface area contributed by atoms with Crippen molar-refractivity contribution >= 4 is 22.9 Å². The number of ether oxygens (including phenoxy) is 1. The molecule has 0 saturated carbocycles. The van der Waals surface area contributed by atoms with Crippen molar-refractivity contribution in [3.05, 3.63) is 18.6 Å². The lowest BCUT2D eigenvalue weighted by atomic mass is 9.78. The number of hydrogen-bond acceptors (Lipinski definition) is 5. The fourth-order valence-electron chi connectivity index (χ4n) is 4.13. The molecule has 0 aliphatic carbocycles. The van der Waals surface area contributed by atoms with E-state index in [0.717, 1.165) is 62.3 Å². The van der Waals surface area contributed by atoms with Gasteiger partial charge in [-0.2, -0.15) is 0 Å². The van der Waals surface area contributed by atoms with Crippen molar-refractivity contribution in [3.8, 4) is 0 Å². The molecule has 1 amide bonds. The number of rotatable bonds is 1. The molecule has 2 aliphatic rings. The zero-order valence-electron chi connectivity index (χ0n) is 15.8. The number of carbonyl (C=O) groups excluding carboxylic acids is 1. The third-order valence-corrected chi connectivity index (χ3v) is 5.55. The van der Waals surface area contributed by atoms with Crippen molar-refractivity contribution in [3.63, 3.8) is 0 Å². The Bertz CT molecular complexity index is 802. The van der Waals surface area contributed by atoms with Crippen LogP contribution in [0.5, 0.6) is 0 Å². The molecule has 2 aromatic heterocycles. The van der Waals surface area contributed by atoms with Crippen molar-refractivity contribution < 1.29 is 9.53 Å². The van der Waals surface area contributed by atoms with Gasteiger partial charge < -0.3 is 19.5 Å². The standard InChI is InChI=1S/C19H27N5O2/c1-18(2,3)26-17(25)24-11-7-19(12-24)5-9-23(10-6-19)16-14-4-8-20-15(14)21-13-22-16/h4,8,13H,5-7,9-12H2,1-3H3,(H,20,21,22). The van der Waals surface area contributed by atoms with Gasteiger partial charge in [-0.25, -0.2) is 14.8 Å². The van der Waals surface area contributed by atoms with Gasteiger partial charge >= 0.3 is 6.09 Å². The van der Waals surface area contributed by atoms with Crippen LogP contribution < -0.4 is 4.90 Å². The quantitative estimate of drug-likeness (QED) is 0.848. The highest BCUT2D eigenvalue weighted by Gasteiger charge is 2.43. The average Bonchev–Trinajstić information content (AvgIpc) is 3.21. The molecule has 140 valence electrons. The predicted octanol–water partition coefficient (Wildman–Crippen LogP) is 3.19. The molecule has 0 unspecified atom stereocenters. The van der Waals surface area contributed by atoms with E-state index in [-0.39, 0.29) is 11.5 Å². The molecule has 0 bridgehead atoms. The van der Waals surface area contributed by atoms with Crippen molar-refractivity contribution in [2.24, 2.45) is 5.41 Å². The molecular weight excluding hydrogens is 330 g/mol. The second-order valence-electron chi connectivity index (χ2n) is 8.58. The van der Waals surface area contributed by atoms with E-state index >= 15 is 0 Å². The Labute approximate surface area is 153 Å². The monoisotopic (exact) mass is 357 g/mol. The van der Waals surface area contributed by atoms with Crippen LogP contribution in [0, 0.1) is 5.41 Å². The first-order valence-corrected chi connectivity index (χ1v) is 9.36. The first kappa shape index (κ1) is 17.1. The van der Waals surface area contributed by atoms with E-state index in [1.807, 2.05) is 37.9 Å². The van der Waals surface area contributed by atoms with Crippen molar-refractivity contribution in [2.75, 3.05) is 31.1 Å². The van der Waals surface area contributed by atoms with Gasteiger partial charge in [0, 0.05) is 32.4 Å². The molecular formula is C19H27N5O2. The zero-order valence-corrected chi connectivity index (χ0v) is 15.8. The number of anilines is 1. The summed E-state index contributed by atoms with van der Waals surface area (Å²) in [6.07, 6.45) is 6.55. The minimum absolute atomic E-state index is 0.179. The summed E-state index contributed by atoms with van der Waals surface area (Å²) in [5.74, 6) is 1.01. The summed E-state index contributed by atoms with van der Waals surface area (Å²) in [6, 6.07) is 2.04. The Morgan fingerprint density at radius 2 is 1.92 bits per heavy atom. The van der Waals surface area contributed by atoms with Gasteiger partial charge in [-0.05, 0) is 51.5 Å². The second kappa shape index (κ2) is 6.14. The number of nitrogens with zero attached hydrogens (tertiary/aromatic N) is 4. The van der Waals surface area contributed by atoms with E-state index in [0.29, 0.717) is 0 Å². The number of amides is 1. The van der Waals surface area contributed by atoms with Crippen molar-refractivity contribution in [1.82, 2.24) is 19.9 Å². The molecule has 2 aliphatic heterocycles. The molecule has 0 aromatic carbocycles. The number of hydrogen-bond donors (Lipinski definition) is 1. The highest BCUT2D eigenvalue weighted by atomic mass is 16.6. The van der Waals surface area contributed by atoms with Gasteiger partial charge in [-0.3, -0.25) is 0 Å². The number of carbonyl (C=O) groups is 1. The van der Waals surface area contributed by atoms with E-state index in [4.69, 9.17) is 4.74 Å². The molecule has 7 nitrogen and oxygen atoms in total. The third-order valence-electron chi connectivity index (χ3n) is 5.55. The van der Waals surface area contributed by atoms with Gasteiger partial charge in [0.2, 0.25) is 0 Å². The molecule has 2 saturated heterocycles. The van der Waals surface area contributed by atoms with Gasteiger partial charge in [-0.1, -0.05) is 0 Å². The highest BCUT2D eigenvalue weighted by molar-refractivity contribution is 5.87. The maximum atomic E-state index is 12.4. The van der Waals surface area contributed by atoms with Crippen LogP contribution in [0.15, 0.2) is 18.6 Å². The van der Waals surface area contributed by atoms with E-state index in [1.54, 1.807) is 6.33 Å². The molecule has 2 fully saturated rings. The van der Waals surface area contributed by atoms with Gasteiger partial charge in [0.15, 0.2) is 0 Å². The van der Waals surface area contributed by atoms with Crippen LogP contribution in [0.2, 0.25) is 0 Å². The lowest BCUT2D eigenvalue weighted by Crippen LogP contribution is -2.43. The van der Waals surface area contributed by atoms with E-state index in [2.05, 4.69) is 19.9 Å². The van der Waals surface area contributed by atoms with E-state index < -0.39 is 5.60 Å². The fourth-order valence-corrected chi connectivity index (χ4v) is 4.13. The summed E-state index contributed by atoms with van der Waals surface area (Å²) < 4.78 is 5.54. The van der Waals surface area contributed by atoms with Gasteiger partial charge in [0.25, 0.3) is 0 Å². The van der Waals surface area contributed by atoms with Gasteiger partial charge in [-0.15, -0.1) is 0 Å². The number of H-pyrrole nitrogens is 1. The highest BCUT2D eigenvalue weighted by Crippen LogP contribution is 2.42. The molecule has 26 heavy (non-hydrogen) atoms. The minimum Gasteiger partial charge on any atom is -0.444 e. The molecule has 1 N–H and O–H groups in total.